The van der Waals surface area contributed by atoms with Crippen LogP contribution in [0.2, 0.25) is 5.02 Å². The third-order valence-electron chi connectivity index (χ3n) is 3.16. The largest absolute Gasteiger partial charge is 0.296 e. The molecule has 3 rings (SSSR count). The van der Waals surface area contributed by atoms with Gasteiger partial charge in [-0.05, 0) is 32.0 Å². The van der Waals surface area contributed by atoms with Gasteiger partial charge in [0.2, 0.25) is 0 Å². The first-order valence-electron chi connectivity index (χ1n) is 5.99. The molecule has 1 N–H and O–H groups in total. The molecule has 0 spiro atoms. The van der Waals surface area contributed by atoms with Gasteiger partial charge in [-0.25, -0.2) is 0 Å². The van der Waals surface area contributed by atoms with E-state index in [1.54, 1.807) is 0 Å². The summed E-state index contributed by atoms with van der Waals surface area (Å²) < 4.78 is 0. The highest BCUT2D eigenvalue weighted by Gasteiger charge is 2.32. The van der Waals surface area contributed by atoms with Crippen LogP contribution in [0.1, 0.15) is 24.8 Å². The zero-order chi connectivity index (χ0) is 12.8. The molecule has 2 nitrogen and oxygen atoms in total. The van der Waals surface area contributed by atoms with Crippen LogP contribution in [0.25, 0.3) is 10.9 Å². The fourth-order valence-corrected chi connectivity index (χ4v) is 3.92. The summed E-state index contributed by atoms with van der Waals surface area (Å²) >= 11 is 8.15. The van der Waals surface area contributed by atoms with Crippen molar-refractivity contribution in [2.75, 3.05) is 5.75 Å². The zero-order valence-electron chi connectivity index (χ0n) is 10.4. The molecule has 2 heterocycles. The van der Waals surface area contributed by atoms with Crippen molar-refractivity contribution in [2.45, 2.75) is 24.8 Å². The maximum absolute atomic E-state index is 6.22. The lowest BCUT2D eigenvalue weighted by molar-refractivity contribution is 0.452. The molecule has 1 atom stereocenters. The van der Waals surface area contributed by atoms with E-state index in [4.69, 9.17) is 11.6 Å². The molecule has 1 aliphatic heterocycles. The van der Waals surface area contributed by atoms with Gasteiger partial charge in [0, 0.05) is 33.5 Å². The Hall–Kier alpha value is -0.770. The number of fused-ring (bicyclic) bond motifs is 1. The molecule has 1 aromatic heterocycles. The van der Waals surface area contributed by atoms with Crippen molar-refractivity contribution in [3.63, 3.8) is 0 Å². The van der Waals surface area contributed by atoms with Crippen LogP contribution in [-0.4, -0.2) is 16.3 Å². The van der Waals surface area contributed by atoms with Gasteiger partial charge in [-0.1, -0.05) is 17.7 Å². The molecule has 0 radical (unpaired) electrons. The minimum Gasteiger partial charge on any atom is -0.296 e. The monoisotopic (exact) mass is 278 g/mol. The van der Waals surface area contributed by atoms with Gasteiger partial charge >= 0.3 is 0 Å². The lowest BCUT2D eigenvalue weighted by atomic mass is 10.1. The zero-order valence-corrected chi connectivity index (χ0v) is 12.0. The molecule has 94 valence electrons. The molecule has 1 aliphatic rings. The summed E-state index contributed by atoms with van der Waals surface area (Å²) in [5, 5.41) is 5.74. The van der Waals surface area contributed by atoms with Gasteiger partial charge in [0.05, 0.1) is 10.9 Å². The number of benzene rings is 1. The summed E-state index contributed by atoms with van der Waals surface area (Å²) in [7, 11) is 0. The number of thioether (sulfide) groups is 1. The van der Waals surface area contributed by atoms with Crippen molar-refractivity contribution >= 4 is 34.3 Å². The second-order valence-corrected chi connectivity index (χ2v) is 6.76. The first kappa shape index (κ1) is 12.3. The van der Waals surface area contributed by atoms with Crippen LogP contribution in [0, 0.1) is 0 Å². The molecule has 2 aromatic rings. The van der Waals surface area contributed by atoms with Crippen molar-refractivity contribution in [1.29, 1.82) is 0 Å². The summed E-state index contributed by atoms with van der Waals surface area (Å²) in [6.07, 6.45) is 1.83. The number of aromatic nitrogens is 1. The average molecular weight is 279 g/mol. The van der Waals surface area contributed by atoms with Crippen molar-refractivity contribution in [2.24, 2.45) is 0 Å². The Morgan fingerprint density at radius 2 is 2.22 bits per heavy atom. The fourth-order valence-electron chi connectivity index (χ4n) is 2.27. The number of hydrogen-bond acceptors (Lipinski definition) is 3. The second kappa shape index (κ2) is 4.41. The van der Waals surface area contributed by atoms with Crippen LogP contribution < -0.4 is 5.32 Å². The van der Waals surface area contributed by atoms with Gasteiger partial charge in [-0.15, -0.1) is 11.8 Å². The summed E-state index contributed by atoms with van der Waals surface area (Å²) in [6, 6.07) is 8.01. The van der Waals surface area contributed by atoms with Crippen LogP contribution in [-0.2, 0) is 0 Å². The van der Waals surface area contributed by atoms with E-state index in [2.05, 4.69) is 30.2 Å². The molecular formula is C14H15ClN2S. The van der Waals surface area contributed by atoms with E-state index >= 15 is 0 Å². The molecule has 0 saturated carbocycles. The minimum absolute atomic E-state index is 0.177. The third kappa shape index (κ3) is 2.11. The maximum atomic E-state index is 6.22. The van der Waals surface area contributed by atoms with Gasteiger partial charge in [-0.3, -0.25) is 10.3 Å². The normalized spacial score (nSPS) is 22.5. The van der Waals surface area contributed by atoms with Crippen LogP contribution in [0.3, 0.4) is 0 Å². The second-order valence-electron chi connectivity index (χ2n) is 5.26. The SMILES string of the molecule is CC1(C)CSC(c2ccc(Cl)c3cccnc23)N1. The van der Waals surface area contributed by atoms with E-state index in [-0.39, 0.29) is 5.54 Å². The van der Waals surface area contributed by atoms with E-state index in [0.29, 0.717) is 5.37 Å². The highest BCUT2D eigenvalue weighted by atomic mass is 35.5. The lowest BCUT2D eigenvalue weighted by Gasteiger charge is -2.19. The quantitative estimate of drug-likeness (QED) is 0.853. The summed E-state index contributed by atoms with van der Waals surface area (Å²) in [5.41, 5.74) is 2.41. The molecular weight excluding hydrogens is 264 g/mol. The Labute approximate surface area is 116 Å². The summed E-state index contributed by atoms with van der Waals surface area (Å²) in [5.74, 6) is 1.11. The Morgan fingerprint density at radius 3 is 2.94 bits per heavy atom. The number of hydrogen-bond donors (Lipinski definition) is 1. The predicted octanol–water partition coefficient (Wildman–Crippen LogP) is 4.00. The Balaban J connectivity index is 2.11. The standard InChI is InChI=1S/C14H15ClN2S/c1-14(2)8-18-13(17-14)10-5-6-11(15)9-4-3-7-16-12(9)10/h3-7,13,17H,8H2,1-2H3. The van der Waals surface area contributed by atoms with Gasteiger partial charge < -0.3 is 0 Å². The van der Waals surface area contributed by atoms with E-state index < -0.39 is 0 Å². The van der Waals surface area contributed by atoms with Crippen LogP contribution in [0.4, 0.5) is 0 Å². The molecule has 18 heavy (non-hydrogen) atoms. The van der Waals surface area contributed by atoms with E-state index in [1.807, 2.05) is 36.2 Å². The van der Waals surface area contributed by atoms with Crippen LogP contribution >= 0.6 is 23.4 Å². The van der Waals surface area contributed by atoms with E-state index in [9.17, 15) is 0 Å². The molecule has 1 saturated heterocycles. The summed E-state index contributed by atoms with van der Waals surface area (Å²) in [6.45, 7) is 4.46. The van der Waals surface area contributed by atoms with Crippen molar-refractivity contribution in [1.82, 2.24) is 10.3 Å². The molecule has 0 bridgehead atoms. The van der Waals surface area contributed by atoms with Crippen LogP contribution in [0.15, 0.2) is 30.5 Å². The Morgan fingerprint density at radius 1 is 1.39 bits per heavy atom. The Bertz CT molecular complexity index is 597. The molecule has 1 fully saturated rings. The minimum atomic E-state index is 0.177. The van der Waals surface area contributed by atoms with Crippen molar-refractivity contribution in [3.8, 4) is 0 Å². The highest BCUT2D eigenvalue weighted by molar-refractivity contribution is 7.99. The Kier molecular flexibility index (Phi) is 3.00. The van der Waals surface area contributed by atoms with Gasteiger partial charge in [0.1, 0.15) is 0 Å². The third-order valence-corrected chi connectivity index (χ3v) is 5.09. The average Bonchev–Trinajstić information content (AvgIpc) is 2.70. The van der Waals surface area contributed by atoms with Crippen molar-refractivity contribution < 1.29 is 0 Å². The van der Waals surface area contributed by atoms with Crippen LogP contribution in [0.5, 0.6) is 0 Å². The smallest absolute Gasteiger partial charge is 0.0815 e. The van der Waals surface area contributed by atoms with Gasteiger partial charge in [-0.2, -0.15) is 0 Å². The topological polar surface area (TPSA) is 24.9 Å². The molecule has 4 heteroatoms. The van der Waals surface area contributed by atoms with Crippen molar-refractivity contribution in [3.05, 3.63) is 41.0 Å². The first-order chi connectivity index (χ1) is 8.57. The molecule has 0 aliphatic carbocycles. The van der Waals surface area contributed by atoms with Gasteiger partial charge in [0.25, 0.3) is 0 Å². The molecule has 1 aromatic carbocycles. The highest BCUT2D eigenvalue weighted by Crippen LogP contribution is 2.40. The number of halogens is 1. The van der Waals surface area contributed by atoms with E-state index in [1.165, 1.54) is 5.56 Å². The first-order valence-corrected chi connectivity index (χ1v) is 7.42. The van der Waals surface area contributed by atoms with E-state index in [0.717, 1.165) is 21.7 Å². The lowest BCUT2D eigenvalue weighted by Crippen LogP contribution is -2.35. The fraction of sp³-hybridized carbons (Fsp3) is 0.357. The number of pyridine rings is 1. The number of rotatable bonds is 1. The predicted molar refractivity (Wildman–Crippen MR) is 79.2 cm³/mol. The summed E-state index contributed by atoms with van der Waals surface area (Å²) in [4.78, 5) is 4.50. The number of nitrogens with one attached hydrogen (secondary N) is 1. The number of nitrogens with zero attached hydrogens (tertiary/aromatic N) is 1. The maximum Gasteiger partial charge on any atom is 0.0815 e. The molecule has 0 amide bonds. The van der Waals surface area contributed by atoms with Gasteiger partial charge in [0.15, 0.2) is 0 Å². The molecule has 1 unspecified atom stereocenters.